The first-order valence-corrected chi connectivity index (χ1v) is 3.95. The van der Waals surface area contributed by atoms with E-state index in [0.717, 1.165) is 10.0 Å². The van der Waals surface area contributed by atoms with E-state index in [9.17, 15) is 4.79 Å². The van der Waals surface area contributed by atoms with Gasteiger partial charge < -0.3 is 4.74 Å². The molecule has 1 atom stereocenters. The Balaban J connectivity index is 2.67. The van der Waals surface area contributed by atoms with Gasteiger partial charge in [0.15, 0.2) is 11.1 Å². The van der Waals surface area contributed by atoms with Crippen LogP contribution in [0.3, 0.4) is 0 Å². The van der Waals surface area contributed by atoms with Crippen molar-refractivity contribution in [1.82, 2.24) is 10.2 Å². The number of rotatable bonds is 3. The third kappa shape index (κ3) is 1.98. The molecule has 0 saturated carbocycles. The maximum absolute atomic E-state index is 9.93. The van der Waals surface area contributed by atoms with Gasteiger partial charge in [-0.1, -0.05) is 11.3 Å². The first-order chi connectivity index (χ1) is 5.24. The van der Waals surface area contributed by atoms with Crippen LogP contribution in [0.5, 0.6) is 0 Å². The maximum atomic E-state index is 9.93. The van der Waals surface area contributed by atoms with Crippen molar-refractivity contribution < 1.29 is 9.53 Å². The van der Waals surface area contributed by atoms with Crippen LogP contribution in [0.4, 0.5) is 0 Å². The molecular weight excluding hydrogens is 164 g/mol. The van der Waals surface area contributed by atoms with E-state index in [1.54, 1.807) is 6.92 Å². The molecule has 1 aromatic heterocycles. The van der Waals surface area contributed by atoms with Gasteiger partial charge in [-0.15, -0.1) is 10.2 Å². The Morgan fingerprint density at radius 2 is 2.36 bits per heavy atom. The summed E-state index contributed by atoms with van der Waals surface area (Å²) in [6, 6.07) is 0. The van der Waals surface area contributed by atoms with Crippen molar-refractivity contribution in [3.8, 4) is 0 Å². The number of hydrogen-bond acceptors (Lipinski definition) is 5. The number of aryl methyl sites for hydroxylation is 1. The highest BCUT2D eigenvalue weighted by Gasteiger charge is 2.09. The van der Waals surface area contributed by atoms with Gasteiger partial charge in [0.1, 0.15) is 5.01 Å². The Labute approximate surface area is 68.2 Å². The minimum atomic E-state index is -0.279. The minimum Gasteiger partial charge on any atom is -0.457 e. The lowest BCUT2D eigenvalue weighted by Crippen LogP contribution is -1.96. The fourth-order valence-electron chi connectivity index (χ4n) is 0.618. The number of nitrogens with zero attached hydrogens (tertiary/aromatic N) is 2. The topological polar surface area (TPSA) is 52.1 Å². The quantitative estimate of drug-likeness (QED) is 0.640. The third-order valence-corrected chi connectivity index (χ3v) is 2.15. The van der Waals surface area contributed by atoms with Crippen molar-refractivity contribution in [2.45, 2.75) is 20.0 Å². The number of carbonyl (C=O) groups is 1. The van der Waals surface area contributed by atoms with Crippen molar-refractivity contribution in [2.75, 3.05) is 0 Å². The summed E-state index contributed by atoms with van der Waals surface area (Å²) in [4.78, 5) is 9.93. The molecule has 4 nitrogen and oxygen atoms in total. The first kappa shape index (κ1) is 8.13. The van der Waals surface area contributed by atoms with Crippen LogP contribution in [0, 0.1) is 6.92 Å². The molecule has 11 heavy (non-hydrogen) atoms. The number of hydrogen-bond donors (Lipinski definition) is 0. The van der Waals surface area contributed by atoms with Gasteiger partial charge >= 0.3 is 0 Å². The molecule has 1 heterocycles. The lowest BCUT2D eigenvalue weighted by Gasteiger charge is -2.02. The molecule has 0 spiro atoms. The number of carbonyl (C=O) groups excluding carboxylic acids is 1. The van der Waals surface area contributed by atoms with Crippen LogP contribution in [-0.2, 0) is 9.53 Å². The molecule has 0 aromatic carbocycles. The lowest BCUT2D eigenvalue weighted by molar-refractivity contribution is -0.133. The molecule has 5 heteroatoms. The second-order valence-electron chi connectivity index (χ2n) is 2.03. The average Bonchev–Trinajstić information content (AvgIpc) is 2.36. The van der Waals surface area contributed by atoms with E-state index >= 15 is 0 Å². The largest absolute Gasteiger partial charge is 0.457 e. The minimum absolute atomic E-state index is 0.279. The Morgan fingerprint density at radius 3 is 2.82 bits per heavy atom. The van der Waals surface area contributed by atoms with Crippen LogP contribution in [-0.4, -0.2) is 16.7 Å². The maximum Gasteiger partial charge on any atom is 0.293 e. The molecule has 1 aromatic rings. The monoisotopic (exact) mass is 172 g/mol. The van der Waals surface area contributed by atoms with Crippen molar-refractivity contribution in [2.24, 2.45) is 0 Å². The molecule has 0 fully saturated rings. The van der Waals surface area contributed by atoms with Crippen LogP contribution < -0.4 is 0 Å². The highest BCUT2D eigenvalue weighted by Crippen LogP contribution is 2.18. The van der Waals surface area contributed by atoms with Gasteiger partial charge in [0, 0.05) is 0 Å². The molecule has 0 bridgehead atoms. The Bertz CT molecular complexity index is 248. The predicted octanol–water partition coefficient (Wildman–Crippen LogP) is 1.08. The Kier molecular flexibility index (Phi) is 2.53. The molecule has 0 radical (unpaired) electrons. The van der Waals surface area contributed by atoms with E-state index in [0.29, 0.717) is 6.47 Å². The van der Waals surface area contributed by atoms with Gasteiger partial charge in [-0.05, 0) is 13.8 Å². The first-order valence-electron chi connectivity index (χ1n) is 3.13. The average molecular weight is 172 g/mol. The molecule has 0 aliphatic heterocycles. The lowest BCUT2D eigenvalue weighted by atomic mass is 10.4. The van der Waals surface area contributed by atoms with E-state index in [4.69, 9.17) is 0 Å². The van der Waals surface area contributed by atoms with Crippen LogP contribution >= 0.6 is 11.3 Å². The van der Waals surface area contributed by atoms with E-state index < -0.39 is 0 Å². The zero-order valence-electron chi connectivity index (χ0n) is 6.27. The fraction of sp³-hybridized carbons (Fsp3) is 0.500. The standard InChI is InChI=1S/C6H8N2O2S/c1-4(10-3-9)6-8-7-5(2)11-6/h3-4H,1-2H3. The van der Waals surface area contributed by atoms with E-state index in [2.05, 4.69) is 14.9 Å². The van der Waals surface area contributed by atoms with E-state index in [1.807, 2.05) is 6.92 Å². The van der Waals surface area contributed by atoms with Crippen LogP contribution in [0.2, 0.25) is 0 Å². The zero-order chi connectivity index (χ0) is 8.27. The van der Waals surface area contributed by atoms with Gasteiger partial charge in [0.05, 0.1) is 0 Å². The Hall–Kier alpha value is -0.970. The molecule has 0 amide bonds. The second-order valence-corrected chi connectivity index (χ2v) is 3.25. The zero-order valence-corrected chi connectivity index (χ0v) is 7.09. The highest BCUT2D eigenvalue weighted by molar-refractivity contribution is 7.11. The number of ether oxygens (including phenoxy) is 1. The molecule has 0 saturated heterocycles. The van der Waals surface area contributed by atoms with Crippen molar-refractivity contribution in [3.05, 3.63) is 10.0 Å². The molecule has 1 rings (SSSR count). The van der Waals surface area contributed by atoms with E-state index in [1.165, 1.54) is 11.3 Å². The van der Waals surface area contributed by atoms with Crippen LogP contribution in [0.15, 0.2) is 0 Å². The van der Waals surface area contributed by atoms with Gasteiger partial charge in [0.25, 0.3) is 6.47 Å². The van der Waals surface area contributed by atoms with Gasteiger partial charge in [-0.3, -0.25) is 4.79 Å². The normalized spacial score (nSPS) is 12.5. The second kappa shape index (κ2) is 3.43. The smallest absolute Gasteiger partial charge is 0.293 e. The number of aromatic nitrogens is 2. The van der Waals surface area contributed by atoms with Gasteiger partial charge in [-0.2, -0.15) is 0 Å². The van der Waals surface area contributed by atoms with Gasteiger partial charge in [-0.25, -0.2) is 0 Å². The molecule has 0 N–H and O–H groups in total. The Morgan fingerprint density at radius 1 is 1.64 bits per heavy atom. The molecular formula is C6H8N2O2S. The predicted molar refractivity (Wildman–Crippen MR) is 40.2 cm³/mol. The molecule has 1 unspecified atom stereocenters. The third-order valence-electron chi connectivity index (χ3n) is 1.15. The summed E-state index contributed by atoms with van der Waals surface area (Å²) in [5.41, 5.74) is 0. The summed E-state index contributed by atoms with van der Waals surface area (Å²) in [5, 5.41) is 9.22. The highest BCUT2D eigenvalue weighted by atomic mass is 32.1. The van der Waals surface area contributed by atoms with E-state index in [-0.39, 0.29) is 6.10 Å². The molecule has 60 valence electrons. The van der Waals surface area contributed by atoms with Gasteiger partial charge in [0.2, 0.25) is 0 Å². The SMILES string of the molecule is Cc1nnc(C(C)OC=O)s1. The van der Waals surface area contributed by atoms with Crippen LogP contribution in [0.25, 0.3) is 0 Å². The fourth-order valence-corrected chi connectivity index (χ4v) is 1.31. The summed E-state index contributed by atoms with van der Waals surface area (Å²) in [5.74, 6) is 0. The summed E-state index contributed by atoms with van der Waals surface area (Å²) in [7, 11) is 0. The van der Waals surface area contributed by atoms with Crippen molar-refractivity contribution in [1.29, 1.82) is 0 Å². The summed E-state index contributed by atoms with van der Waals surface area (Å²) < 4.78 is 4.67. The van der Waals surface area contributed by atoms with Crippen molar-refractivity contribution >= 4 is 17.8 Å². The summed E-state index contributed by atoms with van der Waals surface area (Å²) in [6.45, 7) is 4.03. The van der Waals surface area contributed by atoms with Crippen LogP contribution in [0.1, 0.15) is 23.0 Å². The summed E-state index contributed by atoms with van der Waals surface area (Å²) in [6.07, 6.45) is -0.279. The summed E-state index contributed by atoms with van der Waals surface area (Å²) >= 11 is 1.43. The van der Waals surface area contributed by atoms with Crippen molar-refractivity contribution in [3.63, 3.8) is 0 Å². The molecule has 0 aliphatic rings. The molecule has 0 aliphatic carbocycles.